The highest BCUT2D eigenvalue weighted by atomic mass is 32.2. The number of halogens is 2. The van der Waals surface area contributed by atoms with E-state index in [9.17, 15) is 8.78 Å². The van der Waals surface area contributed by atoms with Crippen molar-refractivity contribution in [1.29, 1.82) is 0 Å². The molecule has 2 aromatic rings. The lowest BCUT2D eigenvalue weighted by Gasteiger charge is -2.05. The van der Waals surface area contributed by atoms with Crippen molar-refractivity contribution in [3.63, 3.8) is 0 Å². The van der Waals surface area contributed by atoms with Crippen molar-refractivity contribution >= 4 is 11.8 Å². The van der Waals surface area contributed by atoms with Gasteiger partial charge in [-0.1, -0.05) is 11.8 Å². The van der Waals surface area contributed by atoms with Crippen molar-refractivity contribution in [2.75, 3.05) is 0 Å². The molecule has 1 fully saturated rings. The molecule has 1 aliphatic carbocycles. The normalized spacial score (nSPS) is 15.5. The van der Waals surface area contributed by atoms with Crippen LogP contribution in [-0.4, -0.2) is 29.8 Å². The standard InChI is InChI=1S/C9H10F2N6S/c10-8(11)16-4-3-12-7(16)5-18-9-13-14-15-17(9)6-1-2-6/h3-4,6,8H,1-2,5H2. The molecule has 2 heterocycles. The molecule has 96 valence electrons. The van der Waals surface area contributed by atoms with Gasteiger partial charge in [0.2, 0.25) is 5.16 Å². The van der Waals surface area contributed by atoms with Crippen LogP contribution in [0.3, 0.4) is 0 Å². The van der Waals surface area contributed by atoms with Crippen LogP contribution in [0.25, 0.3) is 0 Å². The van der Waals surface area contributed by atoms with Gasteiger partial charge in [0.15, 0.2) is 0 Å². The van der Waals surface area contributed by atoms with E-state index in [0.717, 1.165) is 17.4 Å². The minimum Gasteiger partial charge on any atom is -0.277 e. The van der Waals surface area contributed by atoms with Gasteiger partial charge in [-0.3, -0.25) is 4.57 Å². The first-order valence-corrected chi connectivity index (χ1v) is 6.45. The Balaban J connectivity index is 1.70. The molecule has 0 spiro atoms. The van der Waals surface area contributed by atoms with Gasteiger partial charge in [0.25, 0.3) is 0 Å². The molecule has 0 aromatic carbocycles. The zero-order valence-corrected chi connectivity index (χ0v) is 10.1. The number of thioether (sulfide) groups is 1. The summed E-state index contributed by atoms with van der Waals surface area (Å²) in [5.74, 6) is 0.644. The second-order valence-corrected chi connectivity index (χ2v) is 4.90. The molecule has 0 atom stereocenters. The van der Waals surface area contributed by atoms with Gasteiger partial charge >= 0.3 is 6.55 Å². The maximum atomic E-state index is 12.6. The third-order valence-corrected chi connectivity index (χ3v) is 3.57. The largest absolute Gasteiger partial charge is 0.319 e. The number of alkyl halides is 2. The topological polar surface area (TPSA) is 61.4 Å². The summed E-state index contributed by atoms with van der Waals surface area (Å²) < 4.78 is 27.8. The Kier molecular flexibility index (Phi) is 2.98. The molecular formula is C9H10F2N6S. The van der Waals surface area contributed by atoms with Gasteiger partial charge in [-0.05, 0) is 23.3 Å². The number of hydrogen-bond acceptors (Lipinski definition) is 5. The minimum atomic E-state index is -2.57. The number of nitrogens with zero attached hydrogens (tertiary/aromatic N) is 6. The summed E-state index contributed by atoms with van der Waals surface area (Å²) in [6.45, 7) is -2.57. The van der Waals surface area contributed by atoms with E-state index in [1.807, 2.05) is 0 Å². The van der Waals surface area contributed by atoms with Gasteiger partial charge in [-0.25, -0.2) is 9.67 Å². The van der Waals surface area contributed by atoms with Crippen LogP contribution in [0.2, 0.25) is 0 Å². The third kappa shape index (κ3) is 2.22. The SMILES string of the molecule is FC(F)n1ccnc1CSc1nnnn1C1CC1. The van der Waals surface area contributed by atoms with E-state index in [-0.39, 0.29) is 0 Å². The van der Waals surface area contributed by atoms with Crippen LogP contribution in [0.5, 0.6) is 0 Å². The number of imidazole rings is 1. The fourth-order valence-electron chi connectivity index (χ4n) is 1.59. The molecule has 0 unspecified atom stereocenters. The van der Waals surface area contributed by atoms with E-state index in [2.05, 4.69) is 20.5 Å². The highest BCUT2D eigenvalue weighted by Gasteiger charge is 2.28. The van der Waals surface area contributed by atoms with E-state index in [1.54, 1.807) is 4.68 Å². The van der Waals surface area contributed by atoms with E-state index in [4.69, 9.17) is 0 Å². The summed E-state index contributed by atoms with van der Waals surface area (Å²) in [7, 11) is 0. The van der Waals surface area contributed by atoms with E-state index < -0.39 is 6.55 Å². The Morgan fingerprint density at radius 1 is 1.44 bits per heavy atom. The highest BCUT2D eigenvalue weighted by molar-refractivity contribution is 7.98. The van der Waals surface area contributed by atoms with Gasteiger partial charge in [0.1, 0.15) is 5.82 Å². The van der Waals surface area contributed by atoms with Crippen LogP contribution in [0.4, 0.5) is 8.78 Å². The minimum absolute atomic E-state index is 0.320. The second-order valence-electron chi connectivity index (χ2n) is 3.95. The first-order chi connectivity index (χ1) is 8.75. The summed E-state index contributed by atoms with van der Waals surface area (Å²) >= 11 is 1.32. The maximum absolute atomic E-state index is 12.6. The van der Waals surface area contributed by atoms with Gasteiger partial charge in [-0.2, -0.15) is 8.78 Å². The van der Waals surface area contributed by atoms with Crippen molar-refractivity contribution in [3.8, 4) is 0 Å². The summed E-state index contributed by atoms with van der Waals surface area (Å²) in [6, 6.07) is 0.373. The monoisotopic (exact) mass is 272 g/mol. The lowest BCUT2D eigenvalue weighted by Crippen LogP contribution is -2.03. The first-order valence-electron chi connectivity index (χ1n) is 5.46. The molecule has 0 N–H and O–H groups in total. The molecule has 0 radical (unpaired) electrons. The average molecular weight is 272 g/mol. The lowest BCUT2D eigenvalue weighted by molar-refractivity contribution is 0.0678. The predicted molar refractivity (Wildman–Crippen MR) is 59.1 cm³/mol. The summed E-state index contributed by atoms with van der Waals surface area (Å²) in [5.41, 5.74) is 0. The van der Waals surface area contributed by atoms with Gasteiger partial charge < -0.3 is 0 Å². The summed E-state index contributed by atoms with van der Waals surface area (Å²) in [5, 5.41) is 12.0. The third-order valence-electron chi connectivity index (χ3n) is 2.64. The second kappa shape index (κ2) is 4.63. The van der Waals surface area contributed by atoms with Crippen molar-refractivity contribution in [2.24, 2.45) is 0 Å². The van der Waals surface area contributed by atoms with Gasteiger partial charge in [0.05, 0.1) is 11.8 Å². The molecule has 0 aliphatic heterocycles. The summed E-state index contributed by atoms with van der Waals surface area (Å²) in [4.78, 5) is 3.91. The maximum Gasteiger partial charge on any atom is 0.319 e. The van der Waals surface area contributed by atoms with E-state index in [0.29, 0.717) is 22.8 Å². The zero-order valence-electron chi connectivity index (χ0n) is 9.28. The molecule has 2 aromatic heterocycles. The Bertz CT molecular complexity index is 494. The number of tetrazole rings is 1. The predicted octanol–water partition coefficient (Wildman–Crippen LogP) is 1.89. The molecule has 18 heavy (non-hydrogen) atoms. The molecule has 0 amide bonds. The van der Waals surface area contributed by atoms with Crippen molar-refractivity contribution < 1.29 is 8.78 Å². The van der Waals surface area contributed by atoms with Crippen LogP contribution < -0.4 is 0 Å². The van der Waals surface area contributed by atoms with E-state index in [1.165, 1.54) is 24.2 Å². The lowest BCUT2D eigenvalue weighted by atomic mass is 10.7. The van der Waals surface area contributed by atoms with Crippen molar-refractivity contribution in [3.05, 3.63) is 18.2 Å². The summed E-state index contributed by atoms with van der Waals surface area (Å²) in [6.07, 6.45) is 4.78. The molecule has 0 bridgehead atoms. The fourth-order valence-corrected chi connectivity index (χ4v) is 2.49. The Morgan fingerprint density at radius 2 is 2.28 bits per heavy atom. The fraction of sp³-hybridized carbons (Fsp3) is 0.556. The Labute approximate surface area is 105 Å². The average Bonchev–Trinajstić information content (AvgIpc) is 2.92. The number of rotatable bonds is 5. The molecule has 1 saturated carbocycles. The molecular weight excluding hydrogens is 262 g/mol. The van der Waals surface area contributed by atoms with Crippen molar-refractivity contribution in [1.82, 2.24) is 29.8 Å². The van der Waals surface area contributed by atoms with E-state index >= 15 is 0 Å². The molecule has 9 heteroatoms. The smallest absolute Gasteiger partial charge is 0.277 e. The zero-order chi connectivity index (χ0) is 12.5. The van der Waals surface area contributed by atoms with Crippen LogP contribution >= 0.6 is 11.8 Å². The molecule has 6 nitrogen and oxygen atoms in total. The number of aromatic nitrogens is 6. The quantitative estimate of drug-likeness (QED) is 0.778. The molecule has 1 aliphatic rings. The Morgan fingerprint density at radius 3 is 3.00 bits per heavy atom. The van der Waals surface area contributed by atoms with Crippen LogP contribution in [0, 0.1) is 0 Å². The highest BCUT2D eigenvalue weighted by Crippen LogP contribution is 2.36. The van der Waals surface area contributed by atoms with Crippen LogP contribution in [-0.2, 0) is 5.75 Å². The molecule has 3 rings (SSSR count). The van der Waals surface area contributed by atoms with Crippen LogP contribution in [0.15, 0.2) is 17.6 Å². The Hall–Kier alpha value is -1.51. The first kappa shape index (κ1) is 11.6. The van der Waals surface area contributed by atoms with Gasteiger partial charge in [-0.15, -0.1) is 5.10 Å². The van der Waals surface area contributed by atoms with Crippen molar-refractivity contribution in [2.45, 2.75) is 36.3 Å². The number of hydrogen-bond donors (Lipinski definition) is 0. The van der Waals surface area contributed by atoms with Crippen LogP contribution in [0.1, 0.15) is 31.3 Å². The van der Waals surface area contributed by atoms with Gasteiger partial charge in [0, 0.05) is 12.4 Å². The molecule has 0 saturated heterocycles.